The molecule has 1 aromatic rings. The summed E-state index contributed by atoms with van der Waals surface area (Å²) in [6, 6.07) is 8.25. The third kappa shape index (κ3) is 3.79. The number of nitrogens with zero attached hydrogens (tertiary/aromatic N) is 1. The van der Waals surface area contributed by atoms with E-state index in [1.165, 1.54) is 5.56 Å². The summed E-state index contributed by atoms with van der Waals surface area (Å²) in [5, 5.41) is 9.90. The van der Waals surface area contributed by atoms with Gasteiger partial charge in [-0.15, -0.1) is 0 Å². The number of rotatable bonds is 4. The van der Waals surface area contributed by atoms with E-state index in [-0.39, 0.29) is 6.04 Å². The summed E-state index contributed by atoms with van der Waals surface area (Å²) in [4.78, 5) is 2.29. The zero-order valence-corrected chi connectivity index (χ0v) is 12.4. The summed E-state index contributed by atoms with van der Waals surface area (Å²) in [6.45, 7) is 4.59. The Kier molecular flexibility index (Phi) is 4.43. The van der Waals surface area contributed by atoms with Crippen LogP contribution in [0.4, 0.5) is 0 Å². The van der Waals surface area contributed by atoms with Crippen molar-refractivity contribution in [1.29, 1.82) is 0 Å². The van der Waals surface area contributed by atoms with Crippen molar-refractivity contribution in [2.75, 3.05) is 19.6 Å². The highest BCUT2D eigenvalue weighted by molar-refractivity contribution is 9.10. The molecule has 1 heterocycles. The van der Waals surface area contributed by atoms with E-state index < -0.39 is 5.60 Å². The monoisotopic (exact) mass is 312 g/mol. The van der Waals surface area contributed by atoms with E-state index in [2.05, 4.69) is 33.0 Å². The molecule has 2 unspecified atom stereocenters. The number of benzene rings is 1. The normalized spacial score (nSPS) is 26.4. The maximum Gasteiger partial charge on any atom is 0.0758 e. The van der Waals surface area contributed by atoms with Crippen LogP contribution in [0.1, 0.15) is 31.4 Å². The molecule has 100 valence electrons. The molecule has 0 amide bonds. The zero-order chi connectivity index (χ0) is 13.2. The number of β-amino-alcohol motifs (C(OH)–C–C–N with tert-alkyl or cyclic N) is 1. The Balaban J connectivity index is 1.82. The van der Waals surface area contributed by atoms with Crippen LogP contribution in [0.3, 0.4) is 0 Å². The van der Waals surface area contributed by atoms with Gasteiger partial charge >= 0.3 is 0 Å². The number of aliphatic hydroxyl groups is 1. The molecule has 0 saturated carbocycles. The molecule has 0 aliphatic carbocycles. The van der Waals surface area contributed by atoms with Crippen molar-refractivity contribution < 1.29 is 5.11 Å². The van der Waals surface area contributed by atoms with E-state index in [4.69, 9.17) is 5.73 Å². The van der Waals surface area contributed by atoms with E-state index in [1.54, 1.807) is 0 Å². The fourth-order valence-corrected chi connectivity index (χ4v) is 2.69. The minimum atomic E-state index is -0.512. The Bertz CT molecular complexity index is 391. The van der Waals surface area contributed by atoms with Crippen LogP contribution >= 0.6 is 15.9 Å². The lowest BCUT2D eigenvalue weighted by Crippen LogP contribution is -2.31. The van der Waals surface area contributed by atoms with Gasteiger partial charge in [0.1, 0.15) is 0 Å². The maximum absolute atomic E-state index is 9.90. The average Bonchev–Trinajstić information content (AvgIpc) is 2.67. The fourth-order valence-electron chi connectivity index (χ4n) is 2.43. The Morgan fingerprint density at radius 1 is 1.44 bits per heavy atom. The van der Waals surface area contributed by atoms with Crippen LogP contribution in [-0.2, 0) is 0 Å². The van der Waals surface area contributed by atoms with E-state index in [1.807, 2.05) is 19.1 Å². The highest BCUT2D eigenvalue weighted by Crippen LogP contribution is 2.22. The lowest BCUT2D eigenvalue weighted by atomic mass is 10.0. The number of hydrogen-bond acceptors (Lipinski definition) is 3. The van der Waals surface area contributed by atoms with Gasteiger partial charge in [-0.25, -0.2) is 0 Å². The fraction of sp³-hybridized carbons (Fsp3) is 0.571. The van der Waals surface area contributed by atoms with E-state index in [9.17, 15) is 5.11 Å². The zero-order valence-electron chi connectivity index (χ0n) is 10.8. The first-order valence-corrected chi connectivity index (χ1v) is 7.21. The van der Waals surface area contributed by atoms with Crippen LogP contribution < -0.4 is 5.73 Å². The van der Waals surface area contributed by atoms with Gasteiger partial charge in [0.05, 0.1) is 5.60 Å². The average molecular weight is 313 g/mol. The topological polar surface area (TPSA) is 49.5 Å². The molecule has 1 aromatic carbocycles. The highest BCUT2D eigenvalue weighted by atomic mass is 79.9. The first-order valence-electron chi connectivity index (χ1n) is 6.42. The smallest absolute Gasteiger partial charge is 0.0758 e. The molecular weight excluding hydrogens is 292 g/mol. The standard InChI is InChI=1S/C14H21BrN2O/c1-14(18)7-9-17(10-14)8-6-13(16)11-2-4-12(15)5-3-11/h2-5,13,18H,6-10,16H2,1H3. The second kappa shape index (κ2) is 5.70. The van der Waals surface area contributed by atoms with Gasteiger partial charge in [-0.1, -0.05) is 28.1 Å². The van der Waals surface area contributed by atoms with E-state index in [0.29, 0.717) is 0 Å². The molecule has 4 heteroatoms. The molecular formula is C14H21BrN2O. The molecule has 18 heavy (non-hydrogen) atoms. The molecule has 0 radical (unpaired) electrons. The van der Waals surface area contributed by atoms with Gasteiger partial charge in [0.25, 0.3) is 0 Å². The second-order valence-electron chi connectivity index (χ2n) is 5.47. The van der Waals surface area contributed by atoms with Gasteiger partial charge in [-0.3, -0.25) is 0 Å². The minimum absolute atomic E-state index is 0.0728. The van der Waals surface area contributed by atoms with Gasteiger partial charge in [0.15, 0.2) is 0 Å². The molecule has 2 atom stereocenters. The van der Waals surface area contributed by atoms with Crippen LogP contribution in [0.25, 0.3) is 0 Å². The van der Waals surface area contributed by atoms with Crippen molar-refractivity contribution in [3.05, 3.63) is 34.3 Å². The lowest BCUT2D eigenvalue weighted by Gasteiger charge is -2.20. The number of hydrogen-bond donors (Lipinski definition) is 2. The molecule has 1 aliphatic rings. The third-order valence-corrected chi connectivity index (χ3v) is 4.11. The summed E-state index contributed by atoms with van der Waals surface area (Å²) in [5.74, 6) is 0. The molecule has 1 aliphatic heterocycles. The summed E-state index contributed by atoms with van der Waals surface area (Å²) < 4.78 is 1.08. The third-order valence-electron chi connectivity index (χ3n) is 3.59. The Hall–Kier alpha value is -0.420. The SMILES string of the molecule is CC1(O)CCN(CCC(N)c2ccc(Br)cc2)C1. The van der Waals surface area contributed by atoms with Crippen molar-refractivity contribution in [3.63, 3.8) is 0 Å². The van der Waals surface area contributed by atoms with Crippen LogP contribution in [-0.4, -0.2) is 35.2 Å². The number of halogens is 1. The first-order chi connectivity index (χ1) is 8.46. The Labute approximate surface area is 117 Å². The second-order valence-corrected chi connectivity index (χ2v) is 6.39. The van der Waals surface area contributed by atoms with Gasteiger partial charge < -0.3 is 15.7 Å². The quantitative estimate of drug-likeness (QED) is 0.897. The van der Waals surface area contributed by atoms with Crippen molar-refractivity contribution >= 4 is 15.9 Å². The highest BCUT2D eigenvalue weighted by Gasteiger charge is 2.30. The van der Waals surface area contributed by atoms with Crippen molar-refractivity contribution in [2.24, 2.45) is 5.73 Å². The van der Waals surface area contributed by atoms with Crippen LogP contribution in [0, 0.1) is 0 Å². The lowest BCUT2D eigenvalue weighted by molar-refractivity contribution is 0.0684. The molecule has 0 bridgehead atoms. The van der Waals surface area contributed by atoms with Crippen molar-refractivity contribution in [1.82, 2.24) is 4.90 Å². The molecule has 1 saturated heterocycles. The van der Waals surface area contributed by atoms with Gasteiger partial charge in [0.2, 0.25) is 0 Å². The minimum Gasteiger partial charge on any atom is -0.389 e. The van der Waals surface area contributed by atoms with Gasteiger partial charge in [-0.2, -0.15) is 0 Å². The van der Waals surface area contributed by atoms with E-state index in [0.717, 1.165) is 36.9 Å². The Morgan fingerprint density at radius 3 is 2.67 bits per heavy atom. The predicted octanol–water partition coefficient (Wildman–Crippen LogP) is 2.30. The number of nitrogens with two attached hydrogens (primary N) is 1. The first kappa shape index (κ1) is 14.0. The Morgan fingerprint density at radius 2 is 2.11 bits per heavy atom. The summed E-state index contributed by atoms with van der Waals surface area (Å²) >= 11 is 3.42. The summed E-state index contributed by atoms with van der Waals surface area (Å²) in [6.07, 6.45) is 1.79. The van der Waals surface area contributed by atoms with Crippen molar-refractivity contribution in [2.45, 2.75) is 31.4 Å². The largest absolute Gasteiger partial charge is 0.389 e. The summed E-state index contributed by atoms with van der Waals surface area (Å²) in [5.41, 5.74) is 6.84. The van der Waals surface area contributed by atoms with Crippen molar-refractivity contribution in [3.8, 4) is 0 Å². The van der Waals surface area contributed by atoms with Crippen LogP contribution in [0.2, 0.25) is 0 Å². The van der Waals surface area contributed by atoms with Crippen LogP contribution in [0.15, 0.2) is 28.7 Å². The van der Waals surface area contributed by atoms with Gasteiger partial charge in [-0.05, 0) is 37.5 Å². The summed E-state index contributed by atoms with van der Waals surface area (Å²) in [7, 11) is 0. The predicted molar refractivity (Wildman–Crippen MR) is 77.4 cm³/mol. The molecule has 3 N–H and O–H groups in total. The molecule has 3 nitrogen and oxygen atoms in total. The molecule has 2 rings (SSSR count). The molecule has 0 aromatic heterocycles. The molecule has 0 spiro atoms. The molecule has 1 fully saturated rings. The maximum atomic E-state index is 9.90. The van der Waals surface area contributed by atoms with E-state index >= 15 is 0 Å². The number of likely N-dealkylation sites (tertiary alicyclic amines) is 1. The van der Waals surface area contributed by atoms with Crippen LogP contribution in [0.5, 0.6) is 0 Å². The van der Waals surface area contributed by atoms with Gasteiger partial charge in [0, 0.05) is 30.1 Å².